The number of amides is 3. The molecular weight excluding hydrogens is 396 g/mol. The van der Waals surface area contributed by atoms with Crippen LogP contribution in [-0.2, 0) is 0 Å². The van der Waals surface area contributed by atoms with E-state index in [2.05, 4.69) is 11.8 Å². The van der Waals surface area contributed by atoms with Gasteiger partial charge in [0, 0.05) is 31.7 Å². The van der Waals surface area contributed by atoms with E-state index in [1.807, 2.05) is 0 Å². The van der Waals surface area contributed by atoms with Crippen molar-refractivity contribution in [3.8, 4) is 17.6 Å². The minimum absolute atomic E-state index is 0.0534. The van der Waals surface area contributed by atoms with Gasteiger partial charge in [0.15, 0.2) is 0 Å². The molecule has 0 atom stereocenters. The number of rotatable bonds is 2. The summed E-state index contributed by atoms with van der Waals surface area (Å²) in [4.78, 5) is 37.6. The smallest absolute Gasteiger partial charge is 0.407 e. The molecular formula is C19H24N4O7. The number of nitrogens with zero attached hydrogens (tertiary/aromatic N) is 3. The number of carboxylic acid groups (broad SMARTS) is 3. The van der Waals surface area contributed by atoms with Gasteiger partial charge in [-0.3, -0.25) is 0 Å². The molecule has 0 radical (unpaired) electrons. The second-order valence-corrected chi connectivity index (χ2v) is 6.50. The van der Waals surface area contributed by atoms with Crippen LogP contribution in [0.2, 0.25) is 0 Å². The molecule has 30 heavy (non-hydrogen) atoms. The van der Waals surface area contributed by atoms with Crippen molar-refractivity contribution in [1.82, 2.24) is 14.7 Å². The lowest BCUT2D eigenvalue weighted by atomic mass is 10.2. The Balaban J connectivity index is 2.21. The van der Waals surface area contributed by atoms with Crippen LogP contribution in [0.15, 0.2) is 24.3 Å². The van der Waals surface area contributed by atoms with Gasteiger partial charge < -0.3 is 40.5 Å². The van der Waals surface area contributed by atoms with Crippen LogP contribution in [0.5, 0.6) is 5.75 Å². The Kier molecular flexibility index (Phi) is 8.13. The zero-order valence-corrected chi connectivity index (χ0v) is 16.2. The Morgan fingerprint density at radius 1 is 0.900 bits per heavy atom. The molecule has 5 N–H and O–H groups in total. The topological polar surface area (TPSA) is 157 Å². The quantitative estimate of drug-likeness (QED) is 0.509. The SMILES string of the molecule is NCC#Cc1ccc(OC2CN(C(=O)O)CCN(C(=O)O)CCN(C(=O)O)C2)cc1. The van der Waals surface area contributed by atoms with Crippen molar-refractivity contribution in [3.05, 3.63) is 29.8 Å². The molecule has 1 aromatic rings. The van der Waals surface area contributed by atoms with E-state index in [1.165, 1.54) is 0 Å². The van der Waals surface area contributed by atoms with Crippen LogP contribution in [0.25, 0.3) is 0 Å². The van der Waals surface area contributed by atoms with Crippen molar-refractivity contribution < 1.29 is 34.4 Å². The summed E-state index contributed by atoms with van der Waals surface area (Å²) in [6, 6.07) is 6.74. The molecule has 1 aromatic carbocycles. The van der Waals surface area contributed by atoms with E-state index in [-0.39, 0.29) is 45.8 Å². The molecule has 1 aliphatic rings. The summed E-state index contributed by atoms with van der Waals surface area (Å²) in [6.07, 6.45) is -4.51. The standard InChI is InChI=1S/C19H24N4O7/c20-7-1-2-14-3-5-15(6-4-14)30-16-12-22(18(26)27)10-8-21(17(24)25)9-11-23(13-16)19(28)29/h3-6,16H,7-13,20H2,(H,24,25)(H,26,27)(H,28,29). The fourth-order valence-electron chi connectivity index (χ4n) is 2.90. The highest BCUT2D eigenvalue weighted by atomic mass is 16.5. The van der Waals surface area contributed by atoms with Crippen molar-refractivity contribution in [2.45, 2.75) is 6.10 Å². The Hall–Kier alpha value is -3.65. The number of hydrogen-bond acceptors (Lipinski definition) is 5. The van der Waals surface area contributed by atoms with Crippen molar-refractivity contribution >= 4 is 18.3 Å². The van der Waals surface area contributed by atoms with Crippen molar-refractivity contribution in [2.24, 2.45) is 5.73 Å². The number of benzene rings is 1. The monoisotopic (exact) mass is 420 g/mol. The van der Waals surface area contributed by atoms with Crippen LogP contribution in [0, 0.1) is 11.8 Å². The predicted molar refractivity (Wildman–Crippen MR) is 106 cm³/mol. The van der Waals surface area contributed by atoms with Gasteiger partial charge in [0.2, 0.25) is 0 Å². The van der Waals surface area contributed by atoms with Gasteiger partial charge >= 0.3 is 18.3 Å². The molecule has 1 aliphatic heterocycles. The molecule has 0 bridgehead atoms. The van der Waals surface area contributed by atoms with E-state index in [0.717, 1.165) is 20.3 Å². The third kappa shape index (κ3) is 6.75. The summed E-state index contributed by atoms with van der Waals surface area (Å²) >= 11 is 0. The number of carbonyl (C=O) groups is 3. The number of ether oxygens (including phenoxy) is 1. The summed E-state index contributed by atoms with van der Waals surface area (Å²) in [5.74, 6) is 6.03. The molecule has 2 rings (SSSR count). The molecule has 0 unspecified atom stereocenters. The molecule has 11 nitrogen and oxygen atoms in total. The maximum Gasteiger partial charge on any atom is 0.407 e. The summed E-state index contributed by atoms with van der Waals surface area (Å²) < 4.78 is 5.87. The molecule has 0 spiro atoms. The van der Waals surface area contributed by atoms with E-state index in [1.54, 1.807) is 24.3 Å². The summed E-state index contributed by atoms with van der Waals surface area (Å²) in [5, 5.41) is 28.2. The maximum absolute atomic E-state index is 11.6. The van der Waals surface area contributed by atoms with E-state index >= 15 is 0 Å². The van der Waals surface area contributed by atoms with Crippen LogP contribution < -0.4 is 10.5 Å². The van der Waals surface area contributed by atoms with Gasteiger partial charge in [-0.2, -0.15) is 0 Å². The zero-order chi connectivity index (χ0) is 22.1. The van der Waals surface area contributed by atoms with Gasteiger partial charge in [-0.1, -0.05) is 11.8 Å². The largest absolute Gasteiger partial charge is 0.487 e. The fraction of sp³-hybridized carbons (Fsp3) is 0.421. The Morgan fingerprint density at radius 3 is 1.80 bits per heavy atom. The first-order valence-corrected chi connectivity index (χ1v) is 9.19. The van der Waals surface area contributed by atoms with Gasteiger partial charge in [-0.25, -0.2) is 14.4 Å². The van der Waals surface area contributed by atoms with Crippen LogP contribution in [0.3, 0.4) is 0 Å². The highest BCUT2D eigenvalue weighted by Gasteiger charge is 2.28. The normalized spacial score (nSPS) is 15.7. The van der Waals surface area contributed by atoms with Gasteiger partial charge in [0.05, 0.1) is 19.6 Å². The lowest BCUT2D eigenvalue weighted by Gasteiger charge is -2.33. The lowest BCUT2D eigenvalue weighted by molar-refractivity contribution is 0.0616. The highest BCUT2D eigenvalue weighted by molar-refractivity contribution is 5.67. The Labute approximate surface area is 173 Å². The van der Waals surface area contributed by atoms with Crippen LogP contribution >= 0.6 is 0 Å². The van der Waals surface area contributed by atoms with Crippen molar-refractivity contribution in [3.63, 3.8) is 0 Å². The van der Waals surface area contributed by atoms with Gasteiger partial charge in [-0.15, -0.1) is 0 Å². The zero-order valence-electron chi connectivity index (χ0n) is 16.2. The Morgan fingerprint density at radius 2 is 1.37 bits per heavy atom. The van der Waals surface area contributed by atoms with Gasteiger partial charge in [0.25, 0.3) is 0 Å². The highest BCUT2D eigenvalue weighted by Crippen LogP contribution is 2.16. The minimum Gasteiger partial charge on any atom is -0.487 e. The van der Waals surface area contributed by atoms with E-state index < -0.39 is 24.4 Å². The first kappa shape index (κ1) is 22.6. The Bertz CT molecular complexity index is 790. The molecule has 1 fully saturated rings. The van der Waals surface area contributed by atoms with Gasteiger partial charge in [-0.05, 0) is 24.3 Å². The second kappa shape index (κ2) is 10.8. The molecule has 1 saturated heterocycles. The molecule has 1 heterocycles. The lowest BCUT2D eigenvalue weighted by Crippen LogP contribution is -2.52. The maximum atomic E-state index is 11.6. The van der Waals surface area contributed by atoms with Crippen LogP contribution in [0.1, 0.15) is 5.56 Å². The van der Waals surface area contributed by atoms with Crippen LogP contribution in [-0.4, -0.2) is 100 Å². The molecule has 0 saturated carbocycles. The molecule has 0 aromatic heterocycles. The first-order valence-electron chi connectivity index (χ1n) is 9.19. The first-order chi connectivity index (χ1) is 14.3. The third-order valence-electron chi connectivity index (χ3n) is 4.43. The average Bonchev–Trinajstić information content (AvgIpc) is 2.70. The number of hydrogen-bond donors (Lipinski definition) is 4. The van der Waals surface area contributed by atoms with E-state index in [0.29, 0.717) is 5.75 Å². The minimum atomic E-state index is -1.25. The molecule has 0 aliphatic carbocycles. The molecule has 3 amide bonds. The summed E-state index contributed by atoms with van der Waals surface area (Å²) in [7, 11) is 0. The fourth-order valence-corrected chi connectivity index (χ4v) is 2.90. The predicted octanol–water partition coefficient (Wildman–Crippen LogP) is 0.698. The van der Waals surface area contributed by atoms with E-state index in [9.17, 15) is 29.7 Å². The van der Waals surface area contributed by atoms with E-state index in [4.69, 9.17) is 10.5 Å². The molecule has 11 heteroatoms. The summed E-state index contributed by atoms with van der Waals surface area (Å²) in [5.41, 5.74) is 6.07. The number of nitrogens with two attached hydrogens (primary N) is 1. The van der Waals surface area contributed by atoms with Crippen molar-refractivity contribution in [2.75, 3.05) is 45.8 Å². The van der Waals surface area contributed by atoms with Crippen molar-refractivity contribution in [1.29, 1.82) is 0 Å². The van der Waals surface area contributed by atoms with Gasteiger partial charge in [0.1, 0.15) is 11.9 Å². The molecule has 162 valence electrons. The summed E-state index contributed by atoms with van der Waals surface area (Å²) in [6.45, 7) is -0.269. The third-order valence-corrected chi connectivity index (χ3v) is 4.43. The van der Waals surface area contributed by atoms with Crippen LogP contribution in [0.4, 0.5) is 14.4 Å². The second-order valence-electron chi connectivity index (χ2n) is 6.50. The average molecular weight is 420 g/mol.